The Labute approximate surface area is 184 Å². The first kappa shape index (κ1) is 21.1. The zero-order valence-electron chi connectivity index (χ0n) is 16.9. The van der Waals surface area contributed by atoms with Crippen molar-refractivity contribution in [3.8, 4) is 0 Å². The Morgan fingerprint density at radius 3 is 2.70 bits per heavy atom. The summed E-state index contributed by atoms with van der Waals surface area (Å²) < 4.78 is 15.6. The number of nitrogens with zero attached hydrogens (tertiary/aromatic N) is 3. The molecule has 2 heterocycles. The molecule has 8 heteroatoms. The van der Waals surface area contributed by atoms with Crippen molar-refractivity contribution in [2.75, 3.05) is 5.75 Å². The largest absolute Gasteiger partial charge is 0.344 e. The molecule has 5 nitrogen and oxygen atoms in total. The summed E-state index contributed by atoms with van der Waals surface area (Å²) in [7, 11) is 0. The number of amides is 1. The number of hydrogen-bond acceptors (Lipinski definition) is 5. The van der Waals surface area contributed by atoms with Crippen molar-refractivity contribution in [3.63, 3.8) is 0 Å². The molecular weight excluding hydrogens is 419 g/mol. The maximum Gasteiger partial charge on any atom is 0.231 e. The first-order chi connectivity index (χ1) is 14.6. The highest BCUT2D eigenvalue weighted by Gasteiger charge is 2.23. The van der Waals surface area contributed by atoms with E-state index in [4.69, 9.17) is 0 Å². The van der Waals surface area contributed by atoms with Crippen LogP contribution in [0.25, 0.3) is 0 Å². The molecule has 0 spiro atoms. The first-order valence-corrected chi connectivity index (χ1v) is 12.1. The highest BCUT2D eigenvalue weighted by molar-refractivity contribution is 7.99. The van der Waals surface area contributed by atoms with E-state index in [1.807, 2.05) is 24.4 Å². The van der Waals surface area contributed by atoms with Gasteiger partial charge in [0.05, 0.1) is 11.8 Å². The molecule has 4 rings (SSSR count). The number of aryl methyl sites for hydroxylation is 1. The van der Waals surface area contributed by atoms with Crippen molar-refractivity contribution >= 4 is 29.0 Å². The number of nitrogens with one attached hydrogen (secondary N) is 1. The second-order valence-electron chi connectivity index (χ2n) is 7.55. The van der Waals surface area contributed by atoms with Crippen LogP contribution in [-0.2, 0) is 4.79 Å². The minimum absolute atomic E-state index is 0.0847. The Balaban J connectivity index is 1.44. The van der Waals surface area contributed by atoms with E-state index in [1.165, 1.54) is 43.2 Å². The van der Waals surface area contributed by atoms with E-state index in [-0.39, 0.29) is 23.5 Å². The average molecular weight is 445 g/mol. The molecule has 1 N–H and O–H groups in total. The van der Waals surface area contributed by atoms with Crippen molar-refractivity contribution in [3.05, 3.63) is 63.9 Å². The van der Waals surface area contributed by atoms with Gasteiger partial charge in [0.2, 0.25) is 5.91 Å². The molecule has 1 saturated carbocycles. The minimum atomic E-state index is -0.295. The molecule has 0 saturated heterocycles. The second kappa shape index (κ2) is 9.75. The lowest BCUT2D eigenvalue weighted by molar-refractivity contribution is -0.119. The minimum Gasteiger partial charge on any atom is -0.344 e. The molecule has 1 amide bonds. The molecule has 1 aromatic carbocycles. The molecule has 158 valence electrons. The summed E-state index contributed by atoms with van der Waals surface area (Å²) in [4.78, 5) is 13.8. The number of aromatic nitrogens is 3. The van der Waals surface area contributed by atoms with Crippen LogP contribution in [0.2, 0.25) is 0 Å². The molecule has 2 aromatic heterocycles. The number of hydrogen-bond donors (Lipinski definition) is 1. The van der Waals surface area contributed by atoms with Gasteiger partial charge in [-0.05, 0) is 48.9 Å². The fraction of sp³-hybridized carbons (Fsp3) is 0.409. The number of thioether (sulfide) groups is 1. The molecule has 1 atom stereocenters. The number of halogens is 1. The van der Waals surface area contributed by atoms with Crippen LogP contribution in [0.4, 0.5) is 4.39 Å². The molecule has 0 unspecified atom stereocenters. The van der Waals surface area contributed by atoms with Gasteiger partial charge in [0.25, 0.3) is 0 Å². The predicted molar refractivity (Wildman–Crippen MR) is 118 cm³/mol. The SMILES string of the molecule is Cc1nnc(SCC(=O)N[C@@H](c2ccc(F)cc2)c2cccs2)n1C1CCCCC1. The fourth-order valence-corrected chi connectivity index (χ4v) is 5.64. The van der Waals surface area contributed by atoms with Crippen LogP contribution in [-0.4, -0.2) is 26.4 Å². The monoisotopic (exact) mass is 444 g/mol. The molecule has 0 radical (unpaired) electrons. The van der Waals surface area contributed by atoms with Gasteiger partial charge in [0, 0.05) is 10.9 Å². The Bertz CT molecular complexity index is 966. The summed E-state index contributed by atoms with van der Waals surface area (Å²) in [6, 6.07) is 10.3. The van der Waals surface area contributed by atoms with Gasteiger partial charge < -0.3 is 9.88 Å². The summed E-state index contributed by atoms with van der Waals surface area (Å²) >= 11 is 3.00. The van der Waals surface area contributed by atoms with E-state index in [0.717, 1.165) is 34.3 Å². The van der Waals surface area contributed by atoms with Gasteiger partial charge in [-0.25, -0.2) is 4.39 Å². The predicted octanol–water partition coefficient (Wildman–Crippen LogP) is 5.29. The van der Waals surface area contributed by atoms with Crippen LogP contribution in [0.15, 0.2) is 46.9 Å². The van der Waals surface area contributed by atoms with E-state index in [0.29, 0.717) is 6.04 Å². The number of rotatable bonds is 7. The average Bonchev–Trinajstić information content (AvgIpc) is 3.42. The highest BCUT2D eigenvalue weighted by atomic mass is 32.2. The molecular formula is C22H25FN4OS2. The maximum atomic E-state index is 13.4. The highest BCUT2D eigenvalue weighted by Crippen LogP contribution is 2.32. The van der Waals surface area contributed by atoms with Crippen LogP contribution in [0, 0.1) is 12.7 Å². The molecule has 1 aliphatic carbocycles. The van der Waals surface area contributed by atoms with Crippen LogP contribution in [0.5, 0.6) is 0 Å². The number of carbonyl (C=O) groups excluding carboxylic acids is 1. The first-order valence-electron chi connectivity index (χ1n) is 10.2. The molecule has 0 aliphatic heterocycles. The molecule has 3 aromatic rings. The van der Waals surface area contributed by atoms with Crippen molar-refractivity contribution in [2.45, 2.75) is 56.3 Å². The lowest BCUT2D eigenvalue weighted by Gasteiger charge is -2.25. The van der Waals surface area contributed by atoms with Crippen LogP contribution in [0.1, 0.15) is 60.5 Å². The Hall–Kier alpha value is -2.19. The molecule has 1 fully saturated rings. The Kier molecular flexibility index (Phi) is 6.84. The summed E-state index contributed by atoms with van der Waals surface area (Å²) in [6.45, 7) is 1.98. The van der Waals surface area contributed by atoms with Gasteiger partial charge in [0.1, 0.15) is 11.6 Å². The van der Waals surface area contributed by atoms with Gasteiger partial charge in [-0.2, -0.15) is 0 Å². The number of thiophene rings is 1. The molecule has 30 heavy (non-hydrogen) atoms. The van der Waals surface area contributed by atoms with Gasteiger partial charge in [-0.15, -0.1) is 21.5 Å². The number of benzene rings is 1. The fourth-order valence-electron chi connectivity index (χ4n) is 3.97. The van der Waals surface area contributed by atoms with Gasteiger partial charge in [-0.1, -0.05) is 49.2 Å². The van der Waals surface area contributed by atoms with Crippen molar-refractivity contribution in [1.82, 2.24) is 20.1 Å². The maximum absolute atomic E-state index is 13.4. The third kappa shape index (κ3) is 4.92. The van der Waals surface area contributed by atoms with Gasteiger partial charge in [0.15, 0.2) is 5.16 Å². The quantitative estimate of drug-likeness (QED) is 0.503. The Morgan fingerprint density at radius 1 is 1.23 bits per heavy atom. The summed E-state index contributed by atoms with van der Waals surface area (Å²) in [5.41, 5.74) is 0.860. The van der Waals surface area contributed by atoms with E-state index in [2.05, 4.69) is 20.1 Å². The summed E-state index contributed by atoms with van der Waals surface area (Å²) in [5, 5.41) is 14.5. The zero-order chi connectivity index (χ0) is 20.9. The van der Waals surface area contributed by atoms with Crippen LogP contribution in [0.3, 0.4) is 0 Å². The second-order valence-corrected chi connectivity index (χ2v) is 9.47. The van der Waals surface area contributed by atoms with Crippen molar-refractivity contribution < 1.29 is 9.18 Å². The van der Waals surface area contributed by atoms with Gasteiger partial charge >= 0.3 is 0 Å². The molecule has 1 aliphatic rings. The Morgan fingerprint density at radius 2 is 2.00 bits per heavy atom. The number of carbonyl (C=O) groups is 1. The van der Waals surface area contributed by atoms with Crippen LogP contribution < -0.4 is 5.32 Å². The standard InChI is InChI=1S/C22H25FN4OS2/c1-15-25-26-22(27(15)18-6-3-2-4-7-18)30-14-20(28)24-21(19-8-5-13-29-19)16-9-11-17(23)12-10-16/h5,8-13,18,21H,2-4,6-7,14H2,1H3,(H,24,28)/t21-/m0/s1. The lowest BCUT2D eigenvalue weighted by Crippen LogP contribution is -2.30. The normalized spacial score (nSPS) is 15.8. The lowest BCUT2D eigenvalue weighted by atomic mass is 9.95. The van der Waals surface area contributed by atoms with Crippen molar-refractivity contribution in [2.24, 2.45) is 0 Å². The van der Waals surface area contributed by atoms with E-state index in [1.54, 1.807) is 23.5 Å². The third-order valence-electron chi connectivity index (χ3n) is 5.44. The third-order valence-corrected chi connectivity index (χ3v) is 7.32. The van der Waals surface area contributed by atoms with Crippen LogP contribution >= 0.6 is 23.1 Å². The zero-order valence-corrected chi connectivity index (χ0v) is 18.5. The van der Waals surface area contributed by atoms with E-state index < -0.39 is 0 Å². The smallest absolute Gasteiger partial charge is 0.231 e. The summed E-state index contributed by atoms with van der Waals surface area (Å²) in [5.74, 6) is 0.794. The van der Waals surface area contributed by atoms with Crippen molar-refractivity contribution in [1.29, 1.82) is 0 Å². The summed E-state index contributed by atoms with van der Waals surface area (Å²) in [6.07, 6.45) is 6.03. The van der Waals surface area contributed by atoms with E-state index in [9.17, 15) is 9.18 Å². The van der Waals surface area contributed by atoms with Gasteiger partial charge in [-0.3, -0.25) is 4.79 Å². The molecule has 0 bridgehead atoms. The topological polar surface area (TPSA) is 59.8 Å². The van der Waals surface area contributed by atoms with E-state index >= 15 is 0 Å².